The number of nitro benzene ring substituents is 1. The van der Waals surface area contributed by atoms with Crippen LogP contribution in [0.25, 0.3) is 0 Å². The number of allylic oxidation sites excluding steroid dienone is 1. The zero-order chi connectivity index (χ0) is 13.7. The van der Waals surface area contributed by atoms with Crippen LogP contribution < -0.4 is 5.32 Å². The fraction of sp³-hybridized carbons (Fsp3) is 0. The second-order valence-electron chi connectivity index (χ2n) is 2.97. The summed E-state index contributed by atoms with van der Waals surface area (Å²) >= 11 is 8.88. The minimum absolute atomic E-state index is 0.170. The Morgan fingerprint density at radius 2 is 2.11 bits per heavy atom. The third kappa shape index (κ3) is 3.20. The molecule has 0 aromatic heterocycles. The van der Waals surface area contributed by atoms with E-state index in [1.807, 2.05) is 0 Å². The van der Waals surface area contributed by atoms with Gasteiger partial charge in [0.15, 0.2) is 0 Å². The molecule has 0 saturated carbocycles. The summed E-state index contributed by atoms with van der Waals surface area (Å²) in [5.74, 6) is 0. The standard InChI is InChI=1S/C10H4BrClN4O2/c11-7-1-8(12)9(2-10(7)16(17)18)15-5-6(3-13)4-14/h1-2,5,15H. The van der Waals surface area contributed by atoms with Crippen LogP contribution in [0.2, 0.25) is 5.02 Å². The van der Waals surface area contributed by atoms with E-state index < -0.39 is 4.92 Å². The molecule has 0 aliphatic rings. The molecule has 0 radical (unpaired) electrons. The van der Waals surface area contributed by atoms with Crippen LogP contribution in [0.3, 0.4) is 0 Å². The fourth-order valence-electron chi connectivity index (χ4n) is 1.03. The molecule has 0 fully saturated rings. The molecule has 1 N–H and O–H groups in total. The number of nitrogens with zero attached hydrogens (tertiary/aromatic N) is 3. The first-order chi connectivity index (χ1) is 8.49. The van der Waals surface area contributed by atoms with Gasteiger partial charge in [-0.15, -0.1) is 0 Å². The molecular formula is C10H4BrClN4O2. The first kappa shape index (κ1) is 14.0. The van der Waals surface area contributed by atoms with Crippen LogP contribution in [0, 0.1) is 32.8 Å². The van der Waals surface area contributed by atoms with Crippen molar-refractivity contribution in [2.45, 2.75) is 0 Å². The molecule has 0 aliphatic carbocycles. The van der Waals surface area contributed by atoms with Crippen LogP contribution in [0.4, 0.5) is 11.4 Å². The smallest absolute Gasteiger partial charge is 0.285 e. The molecule has 0 spiro atoms. The van der Waals surface area contributed by atoms with Crippen LogP contribution in [0.1, 0.15) is 0 Å². The van der Waals surface area contributed by atoms with Gasteiger partial charge in [-0.1, -0.05) is 11.6 Å². The minimum Gasteiger partial charge on any atom is -0.358 e. The number of nitriles is 2. The van der Waals surface area contributed by atoms with Crippen LogP contribution in [-0.4, -0.2) is 4.92 Å². The second-order valence-corrected chi connectivity index (χ2v) is 4.23. The average molecular weight is 328 g/mol. The molecule has 0 bridgehead atoms. The molecule has 0 saturated heterocycles. The van der Waals surface area contributed by atoms with E-state index in [0.717, 1.165) is 6.20 Å². The van der Waals surface area contributed by atoms with Crippen LogP contribution >= 0.6 is 27.5 Å². The summed E-state index contributed by atoms with van der Waals surface area (Å²) in [4.78, 5) is 10.1. The van der Waals surface area contributed by atoms with Crippen molar-refractivity contribution in [3.63, 3.8) is 0 Å². The van der Waals surface area contributed by atoms with E-state index in [4.69, 9.17) is 22.1 Å². The number of nitro groups is 1. The number of halogens is 2. The molecule has 1 aromatic rings. The summed E-state index contributed by atoms with van der Waals surface area (Å²) in [7, 11) is 0. The van der Waals surface area contributed by atoms with Gasteiger partial charge in [0.25, 0.3) is 5.69 Å². The molecule has 0 unspecified atom stereocenters. The molecule has 0 heterocycles. The van der Waals surface area contributed by atoms with Crippen molar-refractivity contribution >= 4 is 38.9 Å². The first-order valence-corrected chi connectivity index (χ1v) is 5.57. The predicted molar refractivity (Wildman–Crippen MR) is 68.7 cm³/mol. The van der Waals surface area contributed by atoms with Gasteiger partial charge in [-0.3, -0.25) is 10.1 Å². The number of rotatable bonds is 3. The van der Waals surface area contributed by atoms with Crippen molar-refractivity contribution in [3.8, 4) is 12.1 Å². The summed E-state index contributed by atoms with van der Waals surface area (Å²) in [6, 6.07) is 5.84. The molecule has 0 amide bonds. The van der Waals surface area contributed by atoms with Gasteiger partial charge in [0, 0.05) is 12.3 Å². The number of anilines is 1. The van der Waals surface area contributed by atoms with Gasteiger partial charge < -0.3 is 5.32 Å². The zero-order valence-electron chi connectivity index (χ0n) is 8.65. The lowest BCUT2D eigenvalue weighted by atomic mass is 10.2. The third-order valence-corrected chi connectivity index (χ3v) is 2.79. The summed E-state index contributed by atoms with van der Waals surface area (Å²) in [6.07, 6.45) is 1.12. The number of hydrogen-bond donors (Lipinski definition) is 1. The Morgan fingerprint density at radius 1 is 1.50 bits per heavy atom. The van der Waals surface area contributed by atoms with Gasteiger partial charge in [-0.05, 0) is 22.0 Å². The Hall–Kier alpha value is -2.09. The van der Waals surface area contributed by atoms with Crippen molar-refractivity contribution < 1.29 is 4.92 Å². The summed E-state index contributed by atoms with van der Waals surface area (Å²) in [6.45, 7) is 0. The highest BCUT2D eigenvalue weighted by Crippen LogP contribution is 2.34. The van der Waals surface area contributed by atoms with Crippen molar-refractivity contribution in [1.82, 2.24) is 0 Å². The topological polar surface area (TPSA) is 103 Å². The van der Waals surface area contributed by atoms with Crippen molar-refractivity contribution in [2.24, 2.45) is 0 Å². The van der Waals surface area contributed by atoms with E-state index in [0.29, 0.717) is 0 Å². The molecule has 8 heteroatoms. The van der Waals surface area contributed by atoms with E-state index in [1.165, 1.54) is 12.1 Å². The molecular weight excluding hydrogens is 323 g/mol. The minimum atomic E-state index is -0.579. The van der Waals surface area contributed by atoms with E-state index in [1.54, 1.807) is 12.1 Å². The van der Waals surface area contributed by atoms with E-state index in [2.05, 4.69) is 21.2 Å². The van der Waals surface area contributed by atoms with E-state index >= 15 is 0 Å². The maximum Gasteiger partial charge on any atom is 0.285 e. The molecule has 0 atom stereocenters. The quantitative estimate of drug-likeness (QED) is 0.521. The molecule has 18 heavy (non-hydrogen) atoms. The van der Waals surface area contributed by atoms with Gasteiger partial charge in [0.05, 0.1) is 20.1 Å². The molecule has 1 rings (SSSR count). The maximum absolute atomic E-state index is 10.7. The van der Waals surface area contributed by atoms with E-state index in [9.17, 15) is 10.1 Å². The van der Waals surface area contributed by atoms with Gasteiger partial charge in [-0.2, -0.15) is 10.5 Å². The fourth-order valence-corrected chi connectivity index (χ4v) is 1.87. The van der Waals surface area contributed by atoms with E-state index in [-0.39, 0.29) is 26.4 Å². The number of benzene rings is 1. The van der Waals surface area contributed by atoms with Crippen LogP contribution in [0.5, 0.6) is 0 Å². The van der Waals surface area contributed by atoms with Gasteiger partial charge in [-0.25, -0.2) is 0 Å². The highest BCUT2D eigenvalue weighted by Gasteiger charge is 2.15. The van der Waals surface area contributed by atoms with Gasteiger partial charge in [0.2, 0.25) is 0 Å². The lowest BCUT2D eigenvalue weighted by Gasteiger charge is -2.05. The highest BCUT2D eigenvalue weighted by atomic mass is 79.9. The summed E-state index contributed by atoms with van der Waals surface area (Å²) in [5.41, 5.74) is -0.114. The first-order valence-electron chi connectivity index (χ1n) is 4.40. The Balaban J connectivity index is 3.16. The monoisotopic (exact) mass is 326 g/mol. The Kier molecular flexibility index (Phi) is 4.67. The number of hydrogen-bond acceptors (Lipinski definition) is 5. The molecule has 1 aromatic carbocycles. The lowest BCUT2D eigenvalue weighted by molar-refractivity contribution is -0.385. The average Bonchev–Trinajstić information content (AvgIpc) is 2.32. The lowest BCUT2D eigenvalue weighted by Crippen LogP contribution is -1.95. The molecule has 0 aliphatic heterocycles. The Bertz CT molecular complexity index is 600. The van der Waals surface area contributed by atoms with Crippen LogP contribution in [0.15, 0.2) is 28.4 Å². The Labute approximate surface area is 115 Å². The molecule has 90 valence electrons. The summed E-state index contributed by atoms with van der Waals surface area (Å²) in [5, 5.41) is 30.6. The van der Waals surface area contributed by atoms with Gasteiger partial charge >= 0.3 is 0 Å². The van der Waals surface area contributed by atoms with Crippen molar-refractivity contribution in [1.29, 1.82) is 10.5 Å². The third-order valence-electron chi connectivity index (χ3n) is 1.85. The number of nitrogens with one attached hydrogen (secondary N) is 1. The van der Waals surface area contributed by atoms with Crippen molar-refractivity contribution in [2.75, 3.05) is 5.32 Å². The predicted octanol–water partition coefficient (Wildman–Crippen LogP) is 3.35. The normalized spacial score (nSPS) is 8.89. The van der Waals surface area contributed by atoms with Gasteiger partial charge in [0.1, 0.15) is 17.7 Å². The zero-order valence-corrected chi connectivity index (χ0v) is 11.0. The second kappa shape index (κ2) is 6.01. The summed E-state index contributed by atoms with van der Waals surface area (Å²) < 4.78 is 0.243. The highest BCUT2D eigenvalue weighted by molar-refractivity contribution is 9.10. The largest absolute Gasteiger partial charge is 0.358 e. The SMILES string of the molecule is N#CC(C#N)=CNc1cc([N+](=O)[O-])c(Br)cc1Cl. The van der Waals surface area contributed by atoms with Crippen molar-refractivity contribution in [3.05, 3.63) is 43.5 Å². The molecule has 6 nitrogen and oxygen atoms in total. The maximum atomic E-state index is 10.7. The van der Waals surface area contributed by atoms with Crippen LogP contribution in [-0.2, 0) is 0 Å². The Morgan fingerprint density at radius 3 is 2.61 bits per heavy atom.